The lowest BCUT2D eigenvalue weighted by Gasteiger charge is -2.32. The molecule has 0 spiro atoms. The molecular weight excluding hydrogens is 408 g/mol. The van der Waals surface area contributed by atoms with Gasteiger partial charge in [0, 0.05) is 25.7 Å². The summed E-state index contributed by atoms with van der Waals surface area (Å²) < 4.78 is 38.6. The molecule has 30 heavy (non-hydrogen) atoms. The summed E-state index contributed by atoms with van der Waals surface area (Å²) >= 11 is 0. The molecule has 1 aromatic rings. The van der Waals surface area contributed by atoms with Crippen LogP contribution in [-0.4, -0.2) is 68.4 Å². The average Bonchev–Trinajstić information content (AvgIpc) is 3.27. The highest BCUT2D eigenvalue weighted by Crippen LogP contribution is 2.32. The molecular formula is C21H30N2O6S. The van der Waals surface area contributed by atoms with Crippen LogP contribution >= 0.6 is 0 Å². The van der Waals surface area contributed by atoms with Crippen molar-refractivity contribution >= 4 is 21.9 Å². The predicted octanol–water partition coefficient (Wildman–Crippen LogP) is 2.43. The number of methoxy groups -OCH3 is 1. The van der Waals surface area contributed by atoms with Crippen molar-refractivity contribution in [2.75, 3.05) is 26.7 Å². The summed E-state index contributed by atoms with van der Waals surface area (Å²) in [5, 5.41) is 0. The third-order valence-electron chi connectivity index (χ3n) is 5.78. The van der Waals surface area contributed by atoms with Crippen molar-refractivity contribution < 1.29 is 27.5 Å². The topological polar surface area (TPSA) is 93.2 Å². The Morgan fingerprint density at radius 1 is 1.10 bits per heavy atom. The van der Waals surface area contributed by atoms with Crippen molar-refractivity contribution in [3.8, 4) is 5.75 Å². The fourth-order valence-electron chi connectivity index (χ4n) is 4.03. The number of piperidine rings is 1. The second-order valence-corrected chi connectivity index (χ2v) is 9.77. The highest BCUT2D eigenvalue weighted by Gasteiger charge is 2.34. The van der Waals surface area contributed by atoms with Gasteiger partial charge in [-0.1, -0.05) is 6.42 Å². The number of benzene rings is 1. The van der Waals surface area contributed by atoms with Gasteiger partial charge in [-0.3, -0.25) is 4.79 Å². The zero-order valence-electron chi connectivity index (χ0n) is 17.8. The Bertz CT molecular complexity index is 895. The minimum Gasteiger partial charge on any atom is -0.495 e. The molecule has 0 aliphatic carbocycles. The van der Waals surface area contributed by atoms with E-state index in [1.807, 2.05) is 6.92 Å². The number of carbonyl (C=O) groups is 2. The smallest absolute Gasteiger partial charge is 0.338 e. The number of hydrogen-bond acceptors (Lipinski definition) is 6. The Morgan fingerprint density at radius 2 is 1.77 bits per heavy atom. The molecule has 0 unspecified atom stereocenters. The van der Waals surface area contributed by atoms with Crippen LogP contribution in [0.25, 0.3) is 0 Å². The van der Waals surface area contributed by atoms with E-state index in [4.69, 9.17) is 9.47 Å². The summed E-state index contributed by atoms with van der Waals surface area (Å²) in [6.45, 7) is 5.18. The quantitative estimate of drug-likeness (QED) is 0.634. The second-order valence-electron chi connectivity index (χ2n) is 7.91. The van der Waals surface area contributed by atoms with Gasteiger partial charge in [0.25, 0.3) is 5.91 Å². The van der Waals surface area contributed by atoms with Crippen molar-refractivity contribution in [3.05, 3.63) is 23.8 Å². The number of amides is 1. The largest absolute Gasteiger partial charge is 0.495 e. The van der Waals surface area contributed by atoms with Crippen LogP contribution in [0, 0.1) is 0 Å². The highest BCUT2D eigenvalue weighted by atomic mass is 32.2. The first-order valence-corrected chi connectivity index (χ1v) is 11.9. The van der Waals surface area contributed by atoms with Crippen LogP contribution in [-0.2, 0) is 19.6 Å². The third kappa shape index (κ3) is 4.62. The lowest BCUT2D eigenvalue weighted by Crippen LogP contribution is -2.42. The maximum absolute atomic E-state index is 13.3. The zero-order chi connectivity index (χ0) is 21.9. The molecule has 0 N–H and O–H groups in total. The fourth-order valence-corrected chi connectivity index (χ4v) is 5.92. The fraction of sp³-hybridized carbons (Fsp3) is 0.619. The van der Waals surface area contributed by atoms with Crippen LogP contribution in [0.15, 0.2) is 23.1 Å². The first-order chi connectivity index (χ1) is 14.3. The van der Waals surface area contributed by atoms with Gasteiger partial charge in [-0.2, -0.15) is 4.31 Å². The number of ether oxygens (including phenoxy) is 2. The summed E-state index contributed by atoms with van der Waals surface area (Å²) in [6.07, 6.45) is 3.53. The molecule has 2 heterocycles. The molecule has 0 saturated carbocycles. The first-order valence-electron chi connectivity index (χ1n) is 10.5. The van der Waals surface area contributed by atoms with Crippen LogP contribution in [0.5, 0.6) is 5.75 Å². The van der Waals surface area contributed by atoms with E-state index in [9.17, 15) is 18.0 Å². The molecule has 3 rings (SSSR count). The van der Waals surface area contributed by atoms with E-state index in [0.29, 0.717) is 19.6 Å². The Balaban J connectivity index is 1.83. The first kappa shape index (κ1) is 22.6. The van der Waals surface area contributed by atoms with Gasteiger partial charge in [0.2, 0.25) is 10.0 Å². The van der Waals surface area contributed by atoms with E-state index in [1.54, 1.807) is 4.90 Å². The zero-order valence-corrected chi connectivity index (χ0v) is 18.6. The Labute approximate surface area is 178 Å². The summed E-state index contributed by atoms with van der Waals surface area (Å²) in [6, 6.07) is 4.06. The molecule has 2 saturated heterocycles. The second kappa shape index (κ2) is 9.34. The summed E-state index contributed by atoms with van der Waals surface area (Å²) in [5.74, 6) is -0.796. The molecule has 1 aromatic carbocycles. The molecule has 0 aromatic heterocycles. The maximum Gasteiger partial charge on any atom is 0.338 e. The van der Waals surface area contributed by atoms with Gasteiger partial charge in [-0.25, -0.2) is 13.2 Å². The van der Waals surface area contributed by atoms with Crippen molar-refractivity contribution in [1.82, 2.24) is 9.21 Å². The minimum absolute atomic E-state index is 0.0632. The number of nitrogens with zero attached hydrogens (tertiary/aromatic N) is 2. The van der Waals surface area contributed by atoms with E-state index in [1.165, 1.54) is 36.5 Å². The monoisotopic (exact) mass is 438 g/mol. The number of carbonyl (C=O) groups excluding carboxylic acids is 2. The van der Waals surface area contributed by atoms with Gasteiger partial charge in [-0.15, -0.1) is 0 Å². The Morgan fingerprint density at radius 3 is 2.40 bits per heavy atom. The molecule has 0 radical (unpaired) electrons. The number of esters is 1. The SMILES string of the molecule is COc1ccc(C(=O)O[C@H](C)C(=O)N2CCCC2)cc1S(=O)(=O)N1CCCC[C@H]1C. The number of likely N-dealkylation sites (tertiary alicyclic amines) is 1. The molecule has 0 bridgehead atoms. The van der Waals surface area contributed by atoms with E-state index in [-0.39, 0.29) is 28.2 Å². The van der Waals surface area contributed by atoms with E-state index >= 15 is 0 Å². The average molecular weight is 439 g/mol. The molecule has 166 valence electrons. The van der Waals surface area contributed by atoms with Gasteiger partial charge >= 0.3 is 5.97 Å². The maximum atomic E-state index is 13.3. The van der Waals surface area contributed by atoms with Crippen molar-refractivity contribution in [2.24, 2.45) is 0 Å². The van der Waals surface area contributed by atoms with Crippen LogP contribution in [0.4, 0.5) is 0 Å². The Kier molecular flexibility index (Phi) is 7.02. The predicted molar refractivity (Wildman–Crippen MR) is 111 cm³/mol. The minimum atomic E-state index is -3.84. The third-order valence-corrected chi connectivity index (χ3v) is 7.81. The normalized spacial score (nSPS) is 21.3. The van der Waals surface area contributed by atoms with Gasteiger partial charge in [-0.05, 0) is 57.7 Å². The van der Waals surface area contributed by atoms with Gasteiger partial charge in [0.1, 0.15) is 10.6 Å². The van der Waals surface area contributed by atoms with Crippen LogP contribution in [0.3, 0.4) is 0 Å². The molecule has 2 fully saturated rings. The molecule has 2 atom stereocenters. The lowest BCUT2D eigenvalue weighted by molar-refractivity contribution is -0.138. The number of hydrogen-bond donors (Lipinski definition) is 0. The molecule has 2 aliphatic heterocycles. The van der Waals surface area contributed by atoms with Crippen molar-refractivity contribution in [1.29, 1.82) is 0 Å². The summed E-state index contributed by atoms with van der Waals surface area (Å²) in [5.41, 5.74) is 0.0695. The molecule has 9 heteroatoms. The summed E-state index contributed by atoms with van der Waals surface area (Å²) in [4.78, 5) is 26.7. The summed E-state index contributed by atoms with van der Waals surface area (Å²) in [7, 11) is -2.45. The van der Waals surface area contributed by atoms with Crippen molar-refractivity contribution in [3.63, 3.8) is 0 Å². The molecule has 8 nitrogen and oxygen atoms in total. The molecule has 1 amide bonds. The highest BCUT2D eigenvalue weighted by molar-refractivity contribution is 7.89. The standard InChI is InChI=1S/C21H30N2O6S/c1-15-8-4-5-13-23(15)30(26,27)19-14-17(9-10-18(19)28-3)21(25)29-16(2)20(24)22-11-6-7-12-22/h9-10,14-16H,4-8,11-13H2,1-3H3/t15-,16-/m1/s1. The van der Waals surface area contributed by atoms with E-state index in [2.05, 4.69) is 0 Å². The lowest BCUT2D eigenvalue weighted by atomic mass is 10.1. The van der Waals surface area contributed by atoms with Crippen LogP contribution < -0.4 is 4.74 Å². The van der Waals surface area contributed by atoms with Gasteiger partial charge < -0.3 is 14.4 Å². The van der Waals surface area contributed by atoms with E-state index in [0.717, 1.165) is 32.1 Å². The van der Waals surface area contributed by atoms with Gasteiger partial charge in [0.15, 0.2) is 6.10 Å². The number of rotatable bonds is 6. The van der Waals surface area contributed by atoms with Crippen LogP contribution in [0.1, 0.15) is 56.3 Å². The van der Waals surface area contributed by atoms with Gasteiger partial charge in [0.05, 0.1) is 12.7 Å². The van der Waals surface area contributed by atoms with Crippen molar-refractivity contribution in [2.45, 2.75) is 63.0 Å². The van der Waals surface area contributed by atoms with Crippen LogP contribution in [0.2, 0.25) is 0 Å². The molecule has 2 aliphatic rings. The Hall–Kier alpha value is -2.13. The number of sulfonamides is 1. The van der Waals surface area contributed by atoms with E-state index < -0.39 is 22.1 Å².